The van der Waals surface area contributed by atoms with Crippen molar-refractivity contribution in [2.75, 3.05) is 18.4 Å². The molecule has 1 aliphatic rings. The number of piperidine rings is 1. The Kier molecular flexibility index (Phi) is 4.50. The number of benzene rings is 1. The first-order valence-corrected chi connectivity index (χ1v) is 6.55. The van der Waals surface area contributed by atoms with Gasteiger partial charge >= 0.3 is 0 Å². The second kappa shape index (κ2) is 6.12. The largest absolute Gasteiger partial charge is 0.393 e. The average Bonchev–Trinajstić information content (AvgIpc) is 2.41. The van der Waals surface area contributed by atoms with Gasteiger partial charge in [0.2, 0.25) is 5.91 Å². The molecular formula is C14H19FN2O2. The molecule has 4 nitrogen and oxygen atoms in total. The zero-order valence-electron chi connectivity index (χ0n) is 11.0. The first-order valence-electron chi connectivity index (χ1n) is 6.55. The van der Waals surface area contributed by atoms with Crippen LogP contribution in [0, 0.1) is 5.82 Å². The van der Waals surface area contributed by atoms with Crippen molar-refractivity contribution < 1.29 is 14.3 Å². The molecule has 1 unspecified atom stereocenters. The van der Waals surface area contributed by atoms with Crippen LogP contribution in [0.1, 0.15) is 19.8 Å². The van der Waals surface area contributed by atoms with Crippen molar-refractivity contribution in [1.82, 2.24) is 4.90 Å². The zero-order chi connectivity index (χ0) is 13.8. The minimum Gasteiger partial charge on any atom is -0.393 e. The van der Waals surface area contributed by atoms with Gasteiger partial charge in [0.25, 0.3) is 0 Å². The molecule has 0 spiro atoms. The van der Waals surface area contributed by atoms with E-state index in [1.807, 2.05) is 4.90 Å². The highest BCUT2D eigenvalue weighted by atomic mass is 19.1. The summed E-state index contributed by atoms with van der Waals surface area (Å²) < 4.78 is 13.4. The van der Waals surface area contributed by atoms with Crippen LogP contribution < -0.4 is 5.32 Å². The molecule has 0 aliphatic carbocycles. The molecule has 5 heteroatoms. The second-order valence-corrected chi connectivity index (χ2v) is 4.91. The monoisotopic (exact) mass is 266 g/mol. The number of hydrogen-bond acceptors (Lipinski definition) is 3. The summed E-state index contributed by atoms with van der Waals surface area (Å²) in [6.07, 6.45) is 1.09. The number of halogens is 1. The summed E-state index contributed by atoms with van der Waals surface area (Å²) >= 11 is 0. The quantitative estimate of drug-likeness (QED) is 0.874. The highest BCUT2D eigenvalue weighted by Crippen LogP contribution is 2.16. The molecule has 1 aromatic carbocycles. The standard InChI is InChI=1S/C14H19FN2O2/c1-10(17-8-6-11(18)7-9-17)14(19)16-13-5-3-2-4-12(13)15/h2-5,10-11,18H,6-9H2,1H3,(H,16,19). The molecule has 1 saturated heterocycles. The fraction of sp³-hybridized carbons (Fsp3) is 0.500. The molecule has 2 N–H and O–H groups in total. The van der Waals surface area contributed by atoms with Crippen molar-refractivity contribution in [3.8, 4) is 0 Å². The Labute approximate surface area is 112 Å². The minimum absolute atomic E-state index is 0.205. The van der Waals surface area contributed by atoms with E-state index < -0.39 is 5.82 Å². The van der Waals surface area contributed by atoms with Gasteiger partial charge in [0.1, 0.15) is 5.82 Å². The third-order valence-corrected chi connectivity index (χ3v) is 3.56. The number of carbonyl (C=O) groups excluding carboxylic acids is 1. The number of aliphatic hydroxyl groups is 1. The Morgan fingerprint density at radius 1 is 1.42 bits per heavy atom. The average molecular weight is 266 g/mol. The second-order valence-electron chi connectivity index (χ2n) is 4.91. The maximum Gasteiger partial charge on any atom is 0.241 e. The maximum absolute atomic E-state index is 13.4. The first-order chi connectivity index (χ1) is 9.08. The van der Waals surface area contributed by atoms with Crippen LogP contribution in [0.3, 0.4) is 0 Å². The summed E-state index contributed by atoms with van der Waals surface area (Å²) in [5, 5.41) is 12.0. The van der Waals surface area contributed by atoms with Gasteiger partial charge in [0.05, 0.1) is 17.8 Å². The number of anilines is 1. The number of rotatable bonds is 3. The number of hydrogen-bond donors (Lipinski definition) is 2. The van der Waals surface area contributed by atoms with Crippen molar-refractivity contribution in [3.63, 3.8) is 0 Å². The Bertz CT molecular complexity index is 445. The number of para-hydroxylation sites is 1. The van der Waals surface area contributed by atoms with Gasteiger partial charge in [-0.2, -0.15) is 0 Å². The summed E-state index contributed by atoms with van der Waals surface area (Å²) in [7, 11) is 0. The smallest absolute Gasteiger partial charge is 0.241 e. The van der Waals surface area contributed by atoms with Gasteiger partial charge in [-0.15, -0.1) is 0 Å². The number of aliphatic hydroxyl groups excluding tert-OH is 1. The van der Waals surface area contributed by atoms with E-state index in [0.717, 1.165) is 0 Å². The number of nitrogens with one attached hydrogen (secondary N) is 1. The molecule has 0 bridgehead atoms. The predicted molar refractivity (Wildman–Crippen MR) is 71.3 cm³/mol. The topological polar surface area (TPSA) is 52.6 Å². The van der Waals surface area contributed by atoms with Crippen LogP contribution >= 0.6 is 0 Å². The van der Waals surface area contributed by atoms with Crippen LogP contribution in [-0.4, -0.2) is 41.1 Å². The van der Waals surface area contributed by atoms with E-state index in [0.29, 0.717) is 25.9 Å². The lowest BCUT2D eigenvalue weighted by Gasteiger charge is -2.33. The van der Waals surface area contributed by atoms with E-state index >= 15 is 0 Å². The summed E-state index contributed by atoms with van der Waals surface area (Å²) in [4.78, 5) is 14.1. The number of amides is 1. The Balaban J connectivity index is 1.94. The third-order valence-electron chi connectivity index (χ3n) is 3.56. The Morgan fingerprint density at radius 3 is 2.68 bits per heavy atom. The molecule has 1 heterocycles. The lowest BCUT2D eigenvalue weighted by Crippen LogP contribution is -2.47. The molecule has 0 radical (unpaired) electrons. The Morgan fingerprint density at radius 2 is 2.05 bits per heavy atom. The number of carbonyl (C=O) groups is 1. The maximum atomic E-state index is 13.4. The lowest BCUT2D eigenvalue weighted by atomic mass is 10.1. The van der Waals surface area contributed by atoms with Gasteiger partial charge in [-0.1, -0.05) is 12.1 Å². The molecule has 19 heavy (non-hydrogen) atoms. The molecule has 1 atom stereocenters. The van der Waals surface area contributed by atoms with Gasteiger partial charge in [0.15, 0.2) is 0 Å². The number of nitrogens with zero attached hydrogens (tertiary/aromatic N) is 1. The summed E-state index contributed by atoms with van der Waals surface area (Å²) in [6.45, 7) is 3.17. The van der Waals surface area contributed by atoms with Crippen molar-refractivity contribution in [1.29, 1.82) is 0 Å². The lowest BCUT2D eigenvalue weighted by molar-refractivity contribution is -0.121. The van der Waals surface area contributed by atoms with E-state index in [1.165, 1.54) is 6.07 Å². The van der Waals surface area contributed by atoms with Gasteiger partial charge in [0, 0.05) is 13.1 Å². The summed E-state index contributed by atoms with van der Waals surface area (Å²) in [5.74, 6) is -0.654. The van der Waals surface area contributed by atoms with Crippen LogP contribution in [0.5, 0.6) is 0 Å². The molecule has 1 fully saturated rings. The molecular weight excluding hydrogens is 247 g/mol. The van der Waals surface area contributed by atoms with Gasteiger partial charge in [-0.25, -0.2) is 4.39 Å². The molecule has 104 valence electrons. The van der Waals surface area contributed by atoms with E-state index in [9.17, 15) is 14.3 Å². The first kappa shape index (κ1) is 14.0. The highest BCUT2D eigenvalue weighted by Gasteiger charge is 2.26. The van der Waals surface area contributed by atoms with Crippen LogP contribution in [0.2, 0.25) is 0 Å². The normalized spacial score (nSPS) is 19.1. The molecule has 0 saturated carbocycles. The van der Waals surface area contributed by atoms with Crippen LogP contribution in [0.15, 0.2) is 24.3 Å². The molecule has 0 aromatic heterocycles. The summed E-state index contributed by atoms with van der Waals surface area (Å²) in [5.41, 5.74) is 0.205. The van der Waals surface area contributed by atoms with E-state index in [4.69, 9.17) is 0 Å². The van der Waals surface area contributed by atoms with E-state index in [1.54, 1.807) is 25.1 Å². The summed E-state index contributed by atoms with van der Waals surface area (Å²) in [6, 6.07) is 5.80. The molecule has 2 rings (SSSR count). The van der Waals surface area contributed by atoms with Crippen LogP contribution in [-0.2, 0) is 4.79 Å². The van der Waals surface area contributed by atoms with Crippen LogP contribution in [0.25, 0.3) is 0 Å². The predicted octanol–water partition coefficient (Wildman–Crippen LogP) is 1.61. The van der Waals surface area contributed by atoms with Crippen molar-refractivity contribution in [2.45, 2.75) is 31.9 Å². The van der Waals surface area contributed by atoms with Gasteiger partial charge in [-0.05, 0) is 31.9 Å². The minimum atomic E-state index is -0.433. The fourth-order valence-electron chi connectivity index (χ4n) is 2.24. The SMILES string of the molecule is CC(C(=O)Nc1ccccc1F)N1CCC(O)CC1. The van der Waals surface area contributed by atoms with Gasteiger partial charge in [-0.3, -0.25) is 9.69 Å². The molecule has 1 aliphatic heterocycles. The van der Waals surface area contributed by atoms with E-state index in [-0.39, 0.29) is 23.7 Å². The molecule has 1 aromatic rings. The highest BCUT2D eigenvalue weighted by molar-refractivity contribution is 5.94. The van der Waals surface area contributed by atoms with Crippen molar-refractivity contribution >= 4 is 11.6 Å². The zero-order valence-corrected chi connectivity index (χ0v) is 11.0. The van der Waals surface area contributed by atoms with Crippen molar-refractivity contribution in [3.05, 3.63) is 30.1 Å². The fourth-order valence-corrected chi connectivity index (χ4v) is 2.24. The third kappa shape index (κ3) is 3.52. The molecule has 1 amide bonds. The van der Waals surface area contributed by atoms with E-state index in [2.05, 4.69) is 5.32 Å². The Hall–Kier alpha value is -1.46. The van der Waals surface area contributed by atoms with Crippen LogP contribution in [0.4, 0.5) is 10.1 Å². The van der Waals surface area contributed by atoms with Crippen molar-refractivity contribution in [2.24, 2.45) is 0 Å². The van der Waals surface area contributed by atoms with Gasteiger partial charge < -0.3 is 10.4 Å². The number of likely N-dealkylation sites (tertiary alicyclic amines) is 1.